The molecule has 0 nitrogen and oxygen atoms in total. The number of benzene rings is 12. The fourth-order valence-electron chi connectivity index (χ4n) is 12.4. The molecule has 364 valence electrons. The van der Waals surface area contributed by atoms with Gasteiger partial charge in [0.1, 0.15) is 0 Å². The normalized spacial score (nSPS) is 11.8. The molecule has 4 aromatic heterocycles. The zero-order chi connectivity index (χ0) is 51.3. The van der Waals surface area contributed by atoms with Crippen LogP contribution in [0, 0.1) is 0 Å². The van der Waals surface area contributed by atoms with Crippen LogP contribution in [-0.2, 0) is 0 Å². The molecule has 0 aliphatic rings. The molecule has 4 heterocycles. The maximum Gasteiger partial charge on any atom is 0.0534 e. The zero-order valence-electron chi connectivity index (χ0n) is 42.0. The molecule has 16 rings (SSSR count). The Hall–Kier alpha value is -8.74. The lowest BCUT2D eigenvalue weighted by molar-refractivity contribution is 1.65. The second kappa shape index (κ2) is 18.5. The lowest BCUT2D eigenvalue weighted by Gasteiger charge is -2.27. The Morgan fingerprint density at radius 2 is 0.333 bits per heavy atom. The van der Waals surface area contributed by atoms with Gasteiger partial charge >= 0.3 is 0 Å². The number of rotatable bonds is 8. The molecular formula is C74H44S4. The van der Waals surface area contributed by atoms with Crippen molar-refractivity contribution in [1.29, 1.82) is 0 Å². The van der Waals surface area contributed by atoms with E-state index in [1.54, 1.807) is 0 Å². The van der Waals surface area contributed by atoms with Gasteiger partial charge in [0.15, 0.2) is 0 Å². The Labute approximate surface area is 467 Å². The van der Waals surface area contributed by atoms with Crippen molar-refractivity contribution in [2.45, 2.75) is 0 Å². The quantitative estimate of drug-likeness (QED) is 0.133. The average Bonchev–Trinajstić information content (AvgIpc) is 3.83. The minimum Gasteiger partial charge on any atom is -0.134 e. The summed E-state index contributed by atoms with van der Waals surface area (Å²) in [4.78, 5) is 5.07. The second-order valence-corrected chi connectivity index (χ2v) is 24.3. The zero-order valence-corrected chi connectivity index (χ0v) is 45.3. The first kappa shape index (κ1) is 45.5. The molecule has 16 aromatic rings. The molecule has 0 N–H and O–H groups in total. The minimum absolute atomic E-state index is 1.20. The van der Waals surface area contributed by atoms with Gasteiger partial charge in [-0.3, -0.25) is 0 Å². The topological polar surface area (TPSA) is 0 Å². The van der Waals surface area contributed by atoms with Crippen LogP contribution in [-0.4, -0.2) is 0 Å². The van der Waals surface area contributed by atoms with Crippen LogP contribution in [0.2, 0.25) is 0 Å². The highest BCUT2D eigenvalue weighted by Gasteiger charge is 2.32. The predicted octanol–water partition coefficient (Wildman–Crippen LogP) is 23.3. The van der Waals surface area contributed by atoms with Crippen LogP contribution in [0.15, 0.2) is 267 Å². The summed E-state index contributed by atoms with van der Waals surface area (Å²) in [6, 6.07) is 99.6. The van der Waals surface area contributed by atoms with Crippen molar-refractivity contribution in [1.82, 2.24) is 0 Å². The fraction of sp³-hybridized carbons (Fsp3) is 0. The molecule has 0 aliphatic carbocycles. The van der Waals surface area contributed by atoms with Crippen LogP contribution < -0.4 is 0 Å². The van der Waals surface area contributed by atoms with E-state index in [0.717, 1.165) is 0 Å². The predicted molar refractivity (Wildman–Crippen MR) is 344 cm³/mol. The van der Waals surface area contributed by atoms with E-state index in [1.807, 2.05) is 45.3 Å². The highest BCUT2D eigenvalue weighted by Crippen LogP contribution is 2.61. The van der Waals surface area contributed by atoms with Gasteiger partial charge in [0.2, 0.25) is 0 Å². The first-order valence-corrected chi connectivity index (χ1v) is 29.7. The van der Waals surface area contributed by atoms with Gasteiger partial charge in [-0.25, -0.2) is 0 Å². The standard InChI is InChI=1S/C74H44S4/c1-9-25-45(26-10-1)57-41-53-65-61(49-33-17-5-18-34-49)69-63(51-37-21-7-22-38-51)67-55-43-59(47-29-13-3-14-30-47)77-73(55)74-56(44-60(78-74)48-31-15-4-16-32-48)68(67)64(52-39-23-8-24-40-52)70(69)62(50-35-19-6-20-36-50)66(65)54-42-58(46-27-11-2-12-28-46)76-72(54)71(53)75-57/h1-44H. The summed E-state index contributed by atoms with van der Waals surface area (Å²) in [5.41, 5.74) is 14.8. The van der Waals surface area contributed by atoms with E-state index in [-0.39, 0.29) is 0 Å². The molecule has 0 saturated carbocycles. The molecule has 0 bridgehead atoms. The highest BCUT2D eigenvalue weighted by molar-refractivity contribution is 7.31. The van der Waals surface area contributed by atoms with Gasteiger partial charge in [-0.1, -0.05) is 243 Å². The summed E-state index contributed by atoms with van der Waals surface area (Å²) >= 11 is 7.74. The molecule has 0 unspecified atom stereocenters. The summed E-state index contributed by atoms with van der Waals surface area (Å²) in [7, 11) is 0. The van der Waals surface area contributed by atoms with Crippen LogP contribution >= 0.6 is 45.3 Å². The Morgan fingerprint density at radius 1 is 0.167 bits per heavy atom. The first-order chi connectivity index (χ1) is 38.7. The summed E-state index contributed by atoms with van der Waals surface area (Å²) < 4.78 is 5.30. The molecular weight excluding hydrogens is 1020 g/mol. The SMILES string of the molecule is c1ccc(-c2cc3c(s2)c2sc(-c4ccccc4)cc2c2c(-c4ccccc4)c4c(-c5ccccc5)c5c6cc(-c7ccccc7)sc6c6sc(-c7ccccc7)cc6c5c(-c5ccccc5)c4c(-c4ccccc4)c32)cc1. The average molecular weight is 1060 g/mol. The van der Waals surface area contributed by atoms with Crippen LogP contribution in [0.4, 0.5) is 0 Å². The maximum absolute atomic E-state index is 2.52. The molecule has 4 heteroatoms. The Balaban J connectivity index is 1.26. The van der Waals surface area contributed by atoms with E-state index in [9.17, 15) is 0 Å². The van der Waals surface area contributed by atoms with Crippen LogP contribution in [0.5, 0.6) is 0 Å². The first-order valence-electron chi connectivity index (χ1n) is 26.5. The monoisotopic (exact) mass is 1060 g/mol. The number of hydrogen-bond acceptors (Lipinski definition) is 4. The fourth-order valence-corrected chi connectivity index (χ4v) is 17.4. The van der Waals surface area contributed by atoms with Crippen molar-refractivity contribution >= 4 is 118 Å². The molecule has 0 fully saturated rings. The van der Waals surface area contributed by atoms with Crippen LogP contribution in [0.25, 0.3) is 159 Å². The van der Waals surface area contributed by atoms with E-state index in [4.69, 9.17) is 0 Å². The van der Waals surface area contributed by atoms with Crippen molar-refractivity contribution in [2.75, 3.05) is 0 Å². The van der Waals surface area contributed by atoms with Crippen molar-refractivity contribution < 1.29 is 0 Å². The molecule has 0 atom stereocenters. The third-order valence-electron chi connectivity index (χ3n) is 15.7. The van der Waals surface area contributed by atoms with E-state index in [2.05, 4.69) is 267 Å². The van der Waals surface area contributed by atoms with Gasteiger partial charge in [0.25, 0.3) is 0 Å². The second-order valence-electron chi connectivity index (χ2n) is 20.1. The summed E-state index contributed by atoms with van der Waals surface area (Å²) in [6.07, 6.45) is 0. The number of fused-ring (bicyclic) bond motifs is 13. The van der Waals surface area contributed by atoms with E-state index in [1.165, 1.54) is 159 Å². The maximum atomic E-state index is 2.52. The lowest BCUT2D eigenvalue weighted by Crippen LogP contribution is -1.99. The number of thiophene rings is 4. The smallest absolute Gasteiger partial charge is 0.0534 e. The Bertz CT molecular complexity index is 4310. The van der Waals surface area contributed by atoms with Crippen molar-refractivity contribution in [3.63, 3.8) is 0 Å². The summed E-state index contributed by atoms with van der Waals surface area (Å²) in [5, 5.41) is 12.8. The number of hydrogen-bond donors (Lipinski definition) is 0. The van der Waals surface area contributed by atoms with Crippen molar-refractivity contribution in [3.05, 3.63) is 267 Å². The largest absolute Gasteiger partial charge is 0.134 e. The Kier molecular flexibility index (Phi) is 10.8. The molecule has 0 radical (unpaired) electrons. The molecule has 0 amide bonds. The van der Waals surface area contributed by atoms with Gasteiger partial charge in [0, 0.05) is 62.6 Å². The van der Waals surface area contributed by atoms with Gasteiger partial charge < -0.3 is 0 Å². The molecule has 12 aromatic carbocycles. The third-order valence-corrected chi connectivity index (χ3v) is 20.7. The molecule has 0 saturated heterocycles. The van der Waals surface area contributed by atoms with Crippen molar-refractivity contribution in [3.8, 4) is 86.3 Å². The summed E-state index contributed by atoms with van der Waals surface area (Å²) in [5.74, 6) is 0. The van der Waals surface area contributed by atoms with Gasteiger partial charge in [-0.15, -0.1) is 45.3 Å². The third kappa shape index (κ3) is 7.15. The van der Waals surface area contributed by atoms with E-state index >= 15 is 0 Å². The van der Waals surface area contributed by atoms with Crippen LogP contribution in [0.3, 0.4) is 0 Å². The van der Waals surface area contributed by atoms with Gasteiger partial charge in [-0.2, -0.15) is 0 Å². The summed E-state index contributed by atoms with van der Waals surface area (Å²) in [6.45, 7) is 0. The van der Waals surface area contributed by atoms with E-state index in [0.29, 0.717) is 0 Å². The van der Waals surface area contributed by atoms with Gasteiger partial charge in [0.05, 0.1) is 18.8 Å². The van der Waals surface area contributed by atoms with Crippen molar-refractivity contribution in [2.24, 2.45) is 0 Å². The van der Waals surface area contributed by atoms with Gasteiger partial charge in [-0.05, 0) is 102 Å². The molecule has 0 spiro atoms. The minimum atomic E-state index is 1.20. The molecule has 0 aliphatic heterocycles. The van der Waals surface area contributed by atoms with E-state index < -0.39 is 0 Å². The highest BCUT2D eigenvalue weighted by atomic mass is 32.1. The Morgan fingerprint density at radius 3 is 0.513 bits per heavy atom. The van der Waals surface area contributed by atoms with Crippen LogP contribution in [0.1, 0.15) is 0 Å². The lowest BCUT2D eigenvalue weighted by atomic mass is 9.75. The molecule has 78 heavy (non-hydrogen) atoms.